The van der Waals surface area contributed by atoms with Gasteiger partial charge < -0.3 is 9.47 Å². The quantitative estimate of drug-likeness (QED) is 0.0820. The molecule has 2 rings (SSSR count). The van der Waals surface area contributed by atoms with Crippen molar-refractivity contribution in [3.8, 4) is 0 Å². The number of hydrogen-bond donors (Lipinski definition) is 1. The molecule has 1 aliphatic heterocycles. The summed E-state index contributed by atoms with van der Waals surface area (Å²) in [7, 11) is 0. The van der Waals surface area contributed by atoms with Gasteiger partial charge in [-0.3, -0.25) is 0 Å². The van der Waals surface area contributed by atoms with Gasteiger partial charge in [0.2, 0.25) is 0 Å². The summed E-state index contributed by atoms with van der Waals surface area (Å²) in [6.45, 7) is 1.33. The van der Waals surface area contributed by atoms with Gasteiger partial charge in [-0.25, -0.2) is 22.8 Å². The van der Waals surface area contributed by atoms with E-state index < -0.39 is 33.1 Å². The molecule has 160 valence electrons. The summed E-state index contributed by atoms with van der Waals surface area (Å²) in [5, 5.41) is 11.2. The van der Waals surface area contributed by atoms with Crippen LogP contribution in [0.2, 0.25) is 0 Å². The van der Waals surface area contributed by atoms with E-state index in [2.05, 4.69) is 9.37 Å². The number of rotatable bonds is 12. The Morgan fingerprint density at radius 2 is 1.61 bits per heavy atom. The van der Waals surface area contributed by atoms with Gasteiger partial charge in [-0.1, -0.05) is 17.9 Å². The summed E-state index contributed by atoms with van der Waals surface area (Å²) < 4.78 is 70.5. The second-order valence-electron chi connectivity index (χ2n) is 6.07. The van der Waals surface area contributed by atoms with Crippen LogP contribution in [0.25, 0.3) is 0 Å². The van der Waals surface area contributed by atoms with Crippen LogP contribution in [-0.4, -0.2) is 30.5 Å². The third-order valence-corrected chi connectivity index (χ3v) is 5.85. The predicted molar refractivity (Wildman–Crippen MR) is 95.7 cm³/mol. The molecule has 1 N–H and O–H groups in total. The van der Waals surface area contributed by atoms with E-state index in [1.807, 2.05) is 0 Å². The van der Waals surface area contributed by atoms with E-state index in [4.69, 9.17) is 14.7 Å². The van der Waals surface area contributed by atoms with Crippen LogP contribution in [0.5, 0.6) is 0 Å². The highest BCUT2D eigenvalue weighted by atomic mass is 32.2. The van der Waals surface area contributed by atoms with Crippen LogP contribution in [0, 0.1) is 23.3 Å². The lowest BCUT2D eigenvalue weighted by atomic mass is 10.2. The lowest BCUT2D eigenvalue weighted by molar-refractivity contribution is -0.432. The Labute approximate surface area is 169 Å². The van der Waals surface area contributed by atoms with Crippen molar-refractivity contribution in [2.75, 3.05) is 19.0 Å². The van der Waals surface area contributed by atoms with Gasteiger partial charge in [0.05, 0.1) is 16.9 Å². The Hall–Kier alpha value is -0.560. The van der Waals surface area contributed by atoms with Crippen molar-refractivity contribution in [3.05, 3.63) is 23.3 Å². The molecule has 0 bridgehead atoms. The minimum absolute atomic E-state index is 0.115. The standard InChI is InChI=1S/C17H22F4O5S2/c18-12-14(20)17(28-26-25-22)15(21)13(19)16(12)27-10-6-2-1-4-8-23-11-7-3-5-9-24-11/h11,22H,1-10H2. The van der Waals surface area contributed by atoms with Crippen molar-refractivity contribution in [2.24, 2.45) is 0 Å². The fourth-order valence-corrected chi connectivity index (χ4v) is 4.04. The fraction of sp³-hybridized carbons (Fsp3) is 0.647. The van der Waals surface area contributed by atoms with E-state index in [0.717, 1.165) is 45.1 Å². The molecule has 0 amide bonds. The average molecular weight is 446 g/mol. The molecule has 1 fully saturated rings. The molecule has 1 atom stereocenters. The lowest BCUT2D eigenvalue weighted by Crippen LogP contribution is -2.22. The van der Waals surface area contributed by atoms with E-state index in [0.29, 0.717) is 30.5 Å². The van der Waals surface area contributed by atoms with Gasteiger partial charge >= 0.3 is 0 Å². The second-order valence-corrected chi connectivity index (χ2v) is 7.89. The molecule has 1 aromatic rings. The summed E-state index contributed by atoms with van der Waals surface area (Å²) in [5.74, 6) is -5.92. The minimum Gasteiger partial charge on any atom is -0.353 e. The normalized spacial score (nSPS) is 17.2. The Kier molecular flexibility index (Phi) is 10.9. The maximum absolute atomic E-state index is 14.0. The van der Waals surface area contributed by atoms with Crippen molar-refractivity contribution in [1.82, 2.24) is 0 Å². The Balaban J connectivity index is 1.69. The highest BCUT2D eigenvalue weighted by Gasteiger charge is 2.26. The number of thioether (sulfide) groups is 1. The Bertz CT molecular complexity index is 589. The zero-order valence-corrected chi connectivity index (χ0v) is 16.7. The molecule has 1 aromatic carbocycles. The van der Waals surface area contributed by atoms with Crippen molar-refractivity contribution >= 4 is 23.8 Å². The van der Waals surface area contributed by atoms with Crippen LogP contribution in [-0.2, 0) is 18.8 Å². The molecule has 11 heteroatoms. The van der Waals surface area contributed by atoms with Crippen molar-refractivity contribution < 1.29 is 41.7 Å². The van der Waals surface area contributed by atoms with E-state index in [1.165, 1.54) is 0 Å². The molecule has 0 spiro atoms. The largest absolute Gasteiger partial charge is 0.353 e. The Morgan fingerprint density at radius 3 is 2.25 bits per heavy atom. The zero-order chi connectivity index (χ0) is 20.4. The third kappa shape index (κ3) is 7.05. The molecule has 0 aromatic heterocycles. The second kappa shape index (κ2) is 12.9. The van der Waals surface area contributed by atoms with Crippen LogP contribution in [0.3, 0.4) is 0 Å². The van der Waals surface area contributed by atoms with Crippen LogP contribution in [0.15, 0.2) is 9.79 Å². The molecule has 1 aliphatic rings. The van der Waals surface area contributed by atoms with Crippen molar-refractivity contribution in [1.29, 1.82) is 0 Å². The highest BCUT2D eigenvalue weighted by Crippen LogP contribution is 2.36. The van der Waals surface area contributed by atoms with E-state index in [1.54, 1.807) is 0 Å². The molecule has 28 heavy (non-hydrogen) atoms. The first-order valence-corrected chi connectivity index (χ1v) is 10.7. The van der Waals surface area contributed by atoms with E-state index >= 15 is 0 Å². The molecular weight excluding hydrogens is 424 g/mol. The lowest BCUT2D eigenvalue weighted by Gasteiger charge is -2.22. The number of ether oxygens (including phenoxy) is 2. The smallest absolute Gasteiger partial charge is 0.179 e. The number of unbranched alkanes of at least 4 members (excludes halogenated alkanes) is 3. The SMILES string of the molecule is OOOSc1c(F)c(F)c(SCCCCCCOC2CCCCO2)c(F)c1F. The molecular formula is C17H22F4O5S2. The monoisotopic (exact) mass is 446 g/mol. The summed E-state index contributed by atoms with van der Waals surface area (Å²) in [5.41, 5.74) is 0. The number of halogens is 4. The highest BCUT2D eigenvalue weighted by molar-refractivity contribution is 7.99. The fourth-order valence-electron chi connectivity index (χ4n) is 2.63. The number of benzene rings is 1. The van der Waals surface area contributed by atoms with Gasteiger partial charge in [0.15, 0.2) is 29.6 Å². The first-order chi connectivity index (χ1) is 13.6. The summed E-state index contributed by atoms with van der Waals surface area (Å²) in [6.07, 6.45) is 6.12. The zero-order valence-electron chi connectivity index (χ0n) is 15.1. The third-order valence-electron chi connectivity index (χ3n) is 4.06. The van der Waals surface area contributed by atoms with Crippen LogP contribution >= 0.6 is 23.8 Å². The summed E-state index contributed by atoms with van der Waals surface area (Å²) in [6, 6.07) is 0. The molecule has 1 unspecified atom stereocenters. The molecule has 5 nitrogen and oxygen atoms in total. The molecule has 0 aliphatic carbocycles. The van der Waals surface area contributed by atoms with Crippen LogP contribution < -0.4 is 0 Å². The van der Waals surface area contributed by atoms with Gasteiger partial charge in [-0.15, -0.1) is 16.1 Å². The van der Waals surface area contributed by atoms with Crippen LogP contribution in [0.1, 0.15) is 44.9 Å². The predicted octanol–water partition coefficient (Wildman–Crippen LogP) is 5.87. The average Bonchev–Trinajstić information content (AvgIpc) is 2.71. The summed E-state index contributed by atoms with van der Waals surface area (Å²) >= 11 is 0.537. The van der Waals surface area contributed by atoms with E-state index in [9.17, 15) is 17.6 Å². The minimum atomic E-state index is -1.61. The van der Waals surface area contributed by atoms with E-state index in [-0.39, 0.29) is 18.3 Å². The summed E-state index contributed by atoms with van der Waals surface area (Å²) in [4.78, 5) is -1.79. The topological polar surface area (TPSA) is 57.2 Å². The van der Waals surface area contributed by atoms with Crippen LogP contribution in [0.4, 0.5) is 17.6 Å². The maximum Gasteiger partial charge on any atom is 0.179 e. The first kappa shape index (κ1) is 23.7. The molecule has 1 heterocycles. The molecule has 0 radical (unpaired) electrons. The van der Waals surface area contributed by atoms with Gasteiger partial charge in [0.25, 0.3) is 0 Å². The van der Waals surface area contributed by atoms with Gasteiger partial charge in [-0.05, 0) is 37.9 Å². The van der Waals surface area contributed by atoms with Crippen molar-refractivity contribution in [3.63, 3.8) is 0 Å². The maximum atomic E-state index is 14.0. The van der Waals surface area contributed by atoms with Crippen molar-refractivity contribution in [2.45, 2.75) is 61.0 Å². The van der Waals surface area contributed by atoms with Gasteiger partial charge in [0, 0.05) is 13.2 Å². The van der Waals surface area contributed by atoms with Gasteiger partial charge in [-0.2, -0.15) is 0 Å². The Morgan fingerprint density at radius 1 is 0.929 bits per heavy atom. The first-order valence-electron chi connectivity index (χ1n) is 8.93. The molecule has 0 saturated carbocycles. The number of hydrogen-bond acceptors (Lipinski definition) is 7. The molecule has 1 saturated heterocycles. The van der Waals surface area contributed by atoms with Gasteiger partial charge in [0.1, 0.15) is 4.90 Å².